The van der Waals surface area contributed by atoms with Crippen LogP contribution in [0.2, 0.25) is 0 Å². The standard InChI is InChI=1S/C24H25BrFNO2S.CH4O/c1-28-22-9-3-18(4-10-22)16-27(17-19-5-11-23(29-2)12-6-19)30-14-13-20-7-8-21(26)15-24(20)25;1-2/h3-12,15H,13-14,16-17H2,1-2H3;2H,1H3. The minimum Gasteiger partial charge on any atom is -0.497 e. The number of benzene rings is 3. The summed E-state index contributed by atoms with van der Waals surface area (Å²) in [4.78, 5) is 0. The zero-order valence-electron chi connectivity index (χ0n) is 18.6. The number of nitrogens with zero attached hydrogens (tertiary/aromatic N) is 1. The minimum absolute atomic E-state index is 0.223. The maximum absolute atomic E-state index is 13.3. The molecule has 3 rings (SSSR count). The third kappa shape index (κ3) is 8.47. The molecule has 0 spiro atoms. The Morgan fingerprint density at radius 1 is 0.844 bits per heavy atom. The first-order valence-corrected chi connectivity index (χ1v) is 11.8. The first-order chi connectivity index (χ1) is 15.6. The van der Waals surface area contributed by atoms with E-state index >= 15 is 0 Å². The molecule has 3 aromatic rings. The number of aliphatic hydroxyl groups excluding tert-OH is 1. The van der Waals surface area contributed by atoms with Gasteiger partial charge in [-0.05, 0) is 59.5 Å². The van der Waals surface area contributed by atoms with E-state index in [9.17, 15) is 4.39 Å². The van der Waals surface area contributed by atoms with Gasteiger partial charge in [0.1, 0.15) is 17.3 Å². The number of halogens is 2. The Balaban J connectivity index is 0.00000176. The average Bonchev–Trinajstić information content (AvgIpc) is 2.82. The van der Waals surface area contributed by atoms with Crippen LogP contribution in [-0.2, 0) is 19.5 Å². The van der Waals surface area contributed by atoms with Gasteiger partial charge in [0.05, 0.1) is 14.2 Å². The zero-order chi connectivity index (χ0) is 23.3. The summed E-state index contributed by atoms with van der Waals surface area (Å²) in [6.07, 6.45) is 0.854. The van der Waals surface area contributed by atoms with Crippen molar-refractivity contribution >= 4 is 27.9 Å². The summed E-state index contributed by atoms with van der Waals surface area (Å²) < 4.78 is 27.0. The van der Waals surface area contributed by atoms with Crippen molar-refractivity contribution in [2.45, 2.75) is 19.5 Å². The third-order valence-corrected chi connectivity index (χ3v) is 6.44. The molecule has 0 atom stereocenters. The summed E-state index contributed by atoms with van der Waals surface area (Å²) >= 11 is 5.26. The van der Waals surface area contributed by atoms with E-state index in [0.29, 0.717) is 0 Å². The fraction of sp³-hybridized carbons (Fsp3) is 0.280. The van der Waals surface area contributed by atoms with E-state index in [-0.39, 0.29) is 5.82 Å². The lowest BCUT2D eigenvalue weighted by atomic mass is 10.2. The highest BCUT2D eigenvalue weighted by molar-refractivity contribution is 9.10. The van der Waals surface area contributed by atoms with Gasteiger partial charge in [-0.15, -0.1) is 0 Å². The van der Waals surface area contributed by atoms with Gasteiger partial charge in [-0.25, -0.2) is 8.70 Å². The Bertz CT molecular complexity index is 889. The normalized spacial score (nSPS) is 10.5. The van der Waals surface area contributed by atoms with Crippen molar-refractivity contribution < 1.29 is 19.0 Å². The predicted octanol–water partition coefficient (Wildman–Crippen LogP) is 6.11. The van der Waals surface area contributed by atoms with E-state index in [1.807, 2.05) is 30.3 Å². The van der Waals surface area contributed by atoms with Crippen LogP contribution in [0, 0.1) is 5.82 Å². The smallest absolute Gasteiger partial charge is 0.124 e. The van der Waals surface area contributed by atoms with Crippen LogP contribution in [0.3, 0.4) is 0 Å². The van der Waals surface area contributed by atoms with Crippen LogP contribution in [0.25, 0.3) is 0 Å². The van der Waals surface area contributed by atoms with E-state index in [4.69, 9.17) is 14.6 Å². The Labute approximate surface area is 202 Å². The van der Waals surface area contributed by atoms with Crippen LogP contribution in [0.15, 0.2) is 71.2 Å². The van der Waals surface area contributed by atoms with Crippen LogP contribution >= 0.6 is 27.9 Å². The largest absolute Gasteiger partial charge is 0.497 e. The minimum atomic E-state index is -0.223. The molecule has 32 heavy (non-hydrogen) atoms. The molecule has 0 aliphatic heterocycles. The summed E-state index contributed by atoms with van der Waals surface area (Å²) in [5.41, 5.74) is 3.55. The highest BCUT2D eigenvalue weighted by atomic mass is 79.9. The Morgan fingerprint density at radius 2 is 1.34 bits per heavy atom. The van der Waals surface area contributed by atoms with Crippen LogP contribution in [0.5, 0.6) is 11.5 Å². The lowest BCUT2D eigenvalue weighted by molar-refractivity contribution is 0.399. The molecule has 0 aromatic heterocycles. The zero-order valence-corrected chi connectivity index (χ0v) is 21.0. The predicted molar refractivity (Wildman–Crippen MR) is 134 cm³/mol. The molecule has 0 amide bonds. The topological polar surface area (TPSA) is 41.9 Å². The molecule has 0 saturated heterocycles. The van der Waals surface area contributed by atoms with E-state index in [1.54, 1.807) is 26.2 Å². The number of hydrogen-bond acceptors (Lipinski definition) is 5. The van der Waals surface area contributed by atoms with Gasteiger partial charge in [-0.1, -0.05) is 58.2 Å². The molecule has 0 unspecified atom stereocenters. The highest BCUT2D eigenvalue weighted by Crippen LogP contribution is 2.25. The second-order valence-corrected chi connectivity index (χ2v) is 8.85. The molecule has 0 aliphatic rings. The number of hydrogen-bond donors (Lipinski definition) is 1. The van der Waals surface area contributed by atoms with Crippen molar-refractivity contribution in [3.05, 3.63) is 93.7 Å². The summed E-state index contributed by atoms with van der Waals surface area (Å²) in [7, 11) is 4.35. The van der Waals surface area contributed by atoms with Crippen molar-refractivity contribution in [2.24, 2.45) is 0 Å². The highest BCUT2D eigenvalue weighted by Gasteiger charge is 2.10. The van der Waals surface area contributed by atoms with Crippen molar-refractivity contribution in [1.82, 2.24) is 4.31 Å². The lowest BCUT2D eigenvalue weighted by Gasteiger charge is -2.22. The molecule has 172 valence electrons. The second kappa shape index (κ2) is 14.2. The maximum atomic E-state index is 13.3. The fourth-order valence-corrected chi connectivity index (χ4v) is 4.62. The monoisotopic (exact) mass is 521 g/mol. The first kappa shape index (κ1) is 26.2. The van der Waals surface area contributed by atoms with Gasteiger partial charge >= 0.3 is 0 Å². The summed E-state index contributed by atoms with van der Waals surface area (Å²) in [6, 6.07) is 21.2. The van der Waals surface area contributed by atoms with Crippen molar-refractivity contribution in [2.75, 3.05) is 27.1 Å². The van der Waals surface area contributed by atoms with Gasteiger partial charge in [0, 0.05) is 30.4 Å². The van der Waals surface area contributed by atoms with Crippen LogP contribution in [-0.4, -0.2) is 36.5 Å². The Kier molecular flexibility index (Phi) is 11.6. The molecule has 3 aromatic carbocycles. The molecule has 0 radical (unpaired) electrons. The molecule has 0 bridgehead atoms. The third-order valence-electron chi connectivity index (χ3n) is 4.70. The molecule has 0 saturated carbocycles. The summed E-state index contributed by atoms with van der Waals surface area (Å²) in [5, 5.41) is 7.00. The quantitative estimate of drug-likeness (QED) is 0.326. The molecule has 0 fully saturated rings. The van der Waals surface area contributed by atoms with E-state index < -0.39 is 0 Å². The molecule has 0 aliphatic carbocycles. The number of methoxy groups -OCH3 is 2. The molecule has 1 N–H and O–H groups in total. The Hall–Kier alpha value is -2.06. The maximum Gasteiger partial charge on any atom is 0.124 e. The van der Waals surface area contributed by atoms with E-state index in [1.165, 1.54) is 23.3 Å². The second-order valence-electron chi connectivity index (χ2n) is 6.81. The van der Waals surface area contributed by atoms with Crippen molar-refractivity contribution in [1.29, 1.82) is 0 Å². The van der Waals surface area contributed by atoms with Gasteiger partial charge in [0.15, 0.2) is 0 Å². The van der Waals surface area contributed by atoms with Crippen LogP contribution in [0.1, 0.15) is 16.7 Å². The first-order valence-electron chi connectivity index (χ1n) is 10.1. The molecule has 7 heteroatoms. The summed E-state index contributed by atoms with van der Waals surface area (Å²) in [5.74, 6) is 2.39. The lowest BCUT2D eigenvalue weighted by Crippen LogP contribution is -2.16. The van der Waals surface area contributed by atoms with Crippen LogP contribution in [0.4, 0.5) is 4.39 Å². The Morgan fingerprint density at radius 3 is 1.78 bits per heavy atom. The number of aliphatic hydroxyl groups is 1. The summed E-state index contributed by atoms with van der Waals surface area (Å²) in [6.45, 7) is 1.62. The number of rotatable bonds is 10. The molecule has 4 nitrogen and oxygen atoms in total. The SMILES string of the molecule is CO.COc1ccc(CN(Cc2ccc(OC)cc2)SCCc2ccc(F)cc2Br)cc1. The van der Waals surface area contributed by atoms with Crippen molar-refractivity contribution in [3.8, 4) is 11.5 Å². The van der Waals surface area contributed by atoms with Gasteiger partial charge < -0.3 is 14.6 Å². The van der Waals surface area contributed by atoms with E-state index in [0.717, 1.165) is 53.9 Å². The van der Waals surface area contributed by atoms with Gasteiger partial charge in [0.25, 0.3) is 0 Å². The van der Waals surface area contributed by atoms with Crippen molar-refractivity contribution in [3.63, 3.8) is 0 Å². The van der Waals surface area contributed by atoms with E-state index in [2.05, 4.69) is 44.5 Å². The number of ether oxygens (including phenoxy) is 2. The van der Waals surface area contributed by atoms with Gasteiger partial charge in [-0.3, -0.25) is 0 Å². The molecular formula is C25H29BrFNO3S. The van der Waals surface area contributed by atoms with Gasteiger partial charge in [-0.2, -0.15) is 0 Å². The van der Waals surface area contributed by atoms with Crippen LogP contribution < -0.4 is 9.47 Å². The fourth-order valence-electron chi connectivity index (χ4n) is 3.03. The van der Waals surface area contributed by atoms with Gasteiger partial charge in [0.2, 0.25) is 0 Å². The number of aryl methyl sites for hydroxylation is 1. The average molecular weight is 522 g/mol. The molecule has 0 heterocycles. The molecular weight excluding hydrogens is 493 g/mol.